The van der Waals surface area contributed by atoms with Crippen LogP contribution < -0.4 is 10.6 Å². The Labute approximate surface area is 111 Å². The molecule has 0 aromatic carbocycles. The fourth-order valence-corrected chi connectivity index (χ4v) is 1.42. The predicted molar refractivity (Wildman–Crippen MR) is 69.5 cm³/mol. The molecule has 1 aromatic heterocycles. The number of nitrogens with one attached hydrogen (secondary N) is 2. The molecule has 1 heterocycles. The molecule has 2 N–H and O–H groups in total. The number of carbonyl (C=O) groups is 2. The van der Waals surface area contributed by atoms with Crippen LogP contribution in [-0.4, -0.2) is 29.9 Å². The molecule has 0 aliphatic heterocycles. The van der Waals surface area contributed by atoms with Crippen LogP contribution in [0.5, 0.6) is 0 Å². The SMILES string of the molecule is CCCNC(=O)CCNC(=O)c1cc(Cl)ccn1. The van der Waals surface area contributed by atoms with Gasteiger partial charge in [-0.05, 0) is 18.6 Å². The Kier molecular flexibility index (Phi) is 6.14. The standard InChI is InChI=1S/C12H16ClN3O2/c1-2-5-15-11(17)4-7-16-12(18)10-8-9(13)3-6-14-10/h3,6,8H,2,4-5,7H2,1H3,(H,15,17)(H,16,18). The molecule has 0 fully saturated rings. The zero-order chi connectivity index (χ0) is 13.4. The lowest BCUT2D eigenvalue weighted by atomic mass is 10.3. The monoisotopic (exact) mass is 269 g/mol. The van der Waals surface area contributed by atoms with Crippen LogP contribution in [-0.2, 0) is 4.79 Å². The highest BCUT2D eigenvalue weighted by Crippen LogP contribution is 2.07. The van der Waals surface area contributed by atoms with Gasteiger partial charge in [-0.25, -0.2) is 0 Å². The van der Waals surface area contributed by atoms with Crippen molar-refractivity contribution in [3.8, 4) is 0 Å². The smallest absolute Gasteiger partial charge is 0.269 e. The van der Waals surface area contributed by atoms with Crippen LogP contribution in [0.15, 0.2) is 18.3 Å². The number of hydrogen-bond donors (Lipinski definition) is 2. The maximum Gasteiger partial charge on any atom is 0.269 e. The Bertz CT molecular complexity index is 424. The van der Waals surface area contributed by atoms with Crippen LogP contribution in [0.1, 0.15) is 30.3 Å². The van der Waals surface area contributed by atoms with Gasteiger partial charge in [0.25, 0.3) is 5.91 Å². The van der Waals surface area contributed by atoms with Crippen molar-refractivity contribution in [2.45, 2.75) is 19.8 Å². The van der Waals surface area contributed by atoms with Gasteiger partial charge in [-0.15, -0.1) is 0 Å². The van der Waals surface area contributed by atoms with Crippen molar-refractivity contribution in [1.29, 1.82) is 0 Å². The van der Waals surface area contributed by atoms with Crippen molar-refractivity contribution in [3.05, 3.63) is 29.0 Å². The lowest BCUT2D eigenvalue weighted by molar-refractivity contribution is -0.120. The molecule has 0 spiro atoms. The Morgan fingerprint density at radius 3 is 2.78 bits per heavy atom. The highest BCUT2D eigenvalue weighted by atomic mass is 35.5. The molecule has 18 heavy (non-hydrogen) atoms. The van der Waals surface area contributed by atoms with Gasteiger partial charge in [-0.1, -0.05) is 18.5 Å². The molecule has 2 amide bonds. The Balaban J connectivity index is 2.31. The maximum atomic E-state index is 11.6. The predicted octanol–water partition coefficient (Wildman–Crippen LogP) is 1.38. The molecule has 0 aliphatic rings. The summed E-state index contributed by atoms with van der Waals surface area (Å²) in [5.41, 5.74) is 0.247. The van der Waals surface area contributed by atoms with Gasteiger partial charge in [-0.3, -0.25) is 14.6 Å². The quantitative estimate of drug-likeness (QED) is 0.820. The van der Waals surface area contributed by atoms with E-state index in [0.29, 0.717) is 11.6 Å². The molecule has 0 saturated heterocycles. The van der Waals surface area contributed by atoms with Crippen molar-refractivity contribution in [2.75, 3.05) is 13.1 Å². The van der Waals surface area contributed by atoms with E-state index in [0.717, 1.165) is 6.42 Å². The molecule has 98 valence electrons. The van der Waals surface area contributed by atoms with Gasteiger partial charge < -0.3 is 10.6 Å². The number of aromatic nitrogens is 1. The van der Waals surface area contributed by atoms with Gasteiger partial charge in [0.15, 0.2) is 0 Å². The van der Waals surface area contributed by atoms with E-state index in [4.69, 9.17) is 11.6 Å². The van der Waals surface area contributed by atoms with E-state index in [1.807, 2.05) is 6.92 Å². The lowest BCUT2D eigenvalue weighted by Gasteiger charge is -2.05. The molecule has 1 aromatic rings. The summed E-state index contributed by atoms with van der Waals surface area (Å²) in [4.78, 5) is 26.8. The summed E-state index contributed by atoms with van der Waals surface area (Å²) in [6.07, 6.45) is 2.61. The molecule has 0 aliphatic carbocycles. The zero-order valence-corrected chi connectivity index (χ0v) is 11.0. The number of carbonyl (C=O) groups excluding carboxylic acids is 2. The van der Waals surface area contributed by atoms with E-state index in [1.54, 1.807) is 6.07 Å². The van der Waals surface area contributed by atoms with Crippen LogP contribution in [0.2, 0.25) is 5.02 Å². The van der Waals surface area contributed by atoms with Crippen molar-refractivity contribution in [3.63, 3.8) is 0 Å². The molecule has 0 unspecified atom stereocenters. The molecular weight excluding hydrogens is 254 g/mol. The number of rotatable bonds is 6. The van der Waals surface area contributed by atoms with E-state index in [9.17, 15) is 9.59 Å². The number of nitrogens with zero attached hydrogens (tertiary/aromatic N) is 1. The van der Waals surface area contributed by atoms with E-state index in [-0.39, 0.29) is 30.5 Å². The van der Waals surface area contributed by atoms with Crippen molar-refractivity contribution in [2.24, 2.45) is 0 Å². The molecule has 6 heteroatoms. The van der Waals surface area contributed by atoms with Crippen LogP contribution in [0.25, 0.3) is 0 Å². The lowest BCUT2D eigenvalue weighted by Crippen LogP contribution is -2.31. The number of halogens is 1. The second-order valence-electron chi connectivity index (χ2n) is 3.72. The largest absolute Gasteiger partial charge is 0.356 e. The highest BCUT2D eigenvalue weighted by Gasteiger charge is 2.07. The summed E-state index contributed by atoms with van der Waals surface area (Å²) in [5.74, 6) is -0.406. The van der Waals surface area contributed by atoms with Gasteiger partial charge in [-0.2, -0.15) is 0 Å². The van der Waals surface area contributed by atoms with Crippen molar-refractivity contribution >= 4 is 23.4 Å². The van der Waals surface area contributed by atoms with Crippen LogP contribution in [0, 0.1) is 0 Å². The second kappa shape index (κ2) is 7.66. The van der Waals surface area contributed by atoms with Crippen molar-refractivity contribution in [1.82, 2.24) is 15.6 Å². The Hall–Kier alpha value is -1.62. The Morgan fingerprint density at radius 1 is 1.33 bits per heavy atom. The second-order valence-corrected chi connectivity index (χ2v) is 4.15. The van der Waals surface area contributed by atoms with Crippen molar-refractivity contribution < 1.29 is 9.59 Å². The minimum atomic E-state index is -0.333. The maximum absolute atomic E-state index is 11.6. The normalized spacial score (nSPS) is 9.89. The van der Waals surface area contributed by atoms with Gasteiger partial charge in [0.1, 0.15) is 5.69 Å². The first-order valence-electron chi connectivity index (χ1n) is 5.80. The van der Waals surface area contributed by atoms with E-state index in [1.165, 1.54) is 12.3 Å². The van der Waals surface area contributed by atoms with E-state index in [2.05, 4.69) is 15.6 Å². The molecular formula is C12H16ClN3O2. The molecule has 0 bridgehead atoms. The topological polar surface area (TPSA) is 71.1 Å². The third-order valence-electron chi connectivity index (χ3n) is 2.16. The fraction of sp³-hybridized carbons (Fsp3) is 0.417. The highest BCUT2D eigenvalue weighted by molar-refractivity contribution is 6.30. The minimum Gasteiger partial charge on any atom is -0.356 e. The van der Waals surface area contributed by atoms with Gasteiger partial charge in [0.2, 0.25) is 5.91 Å². The number of amides is 2. The summed E-state index contributed by atoms with van der Waals surface area (Å²) < 4.78 is 0. The molecule has 1 rings (SSSR count). The third kappa shape index (κ3) is 5.14. The van der Waals surface area contributed by atoms with Gasteiger partial charge >= 0.3 is 0 Å². The minimum absolute atomic E-state index is 0.0730. The molecule has 0 saturated carbocycles. The summed E-state index contributed by atoms with van der Waals surface area (Å²) >= 11 is 5.75. The number of pyridine rings is 1. The average Bonchev–Trinajstić information content (AvgIpc) is 2.36. The average molecular weight is 270 g/mol. The van der Waals surface area contributed by atoms with Crippen LogP contribution in [0.3, 0.4) is 0 Å². The first kappa shape index (κ1) is 14.4. The van der Waals surface area contributed by atoms with Gasteiger partial charge in [0.05, 0.1) is 0 Å². The van der Waals surface area contributed by atoms with E-state index < -0.39 is 0 Å². The molecule has 0 atom stereocenters. The molecule has 5 nitrogen and oxygen atoms in total. The zero-order valence-electron chi connectivity index (χ0n) is 10.2. The third-order valence-corrected chi connectivity index (χ3v) is 2.40. The first-order valence-corrected chi connectivity index (χ1v) is 6.17. The summed E-state index contributed by atoms with van der Waals surface area (Å²) in [6.45, 7) is 2.91. The first-order chi connectivity index (χ1) is 8.63. The Morgan fingerprint density at radius 2 is 2.11 bits per heavy atom. The summed E-state index contributed by atoms with van der Waals surface area (Å²) in [6, 6.07) is 3.07. The summed E-state index contributed by atoms with van der Waals surface area (Å²) in [5, 5.41) is 5.80. The van der Waals surface area contributed by atoms with E-state index >= 15 is 0 Å². The van der Waals surface area contributed by atoms with Crippen LogP contribution >= 0.6 is 11.6 Å². The number of hydrogen-bond acceptors (Lipinski definition) is 3. The van der Waals surface area contributed by atoms with Crippen LogP contribution in [0.4, 0.5) is 0 Å². The van der Waals surface area contributed by atoms with Gasteiger partial charge in [0, 0.05) is 30.7 Å². The fourth-order valence-electron chi connectivity index (χ4n) is 1.26. The molecule has 0 radical (unpaired) electrons. The summed E-state index contributed by atoms with van der Waals surface area (Å²) in [7, 11) is 0.